The van der Waals surface area contributed by atoms with Gasteiger partial charge < -0.3 is 0 Å². The Hall–Kier alpha value is -2.32. The molecule has 0 aliphatic heterocycles. The van der Waals surface area contributed by atoms with Crippen LogP contribution in [0.5, 0.6) is 11.5 Å². The van der Waals surface area contributed by atoms with Gasteiger partial charge in [-0.3, -0.25) is 0 Å². The van der Waals surface area contributed by atoms with Crippen LogP contribution in [0.1, 0.15) is 25.2 Å². The standard InChI is InChI=1S/C22H30N4O4Se/c1-22(2,3)19-12-16(20(23)31-19)26-21-14-10-17(29-8-6-27-4)18(30-9-7-28-5)11-15(14)24-13-25-21/h10-13H,6-9,23H2,1-5H3,(H,24,25,26). The maximum absolute atomic E-state index is 6.34. The summed E-state index contributed by atoms with van der Waals surface area (Å²) in [4.78, 5) is 8.87. The molecule has 2 heterocycles. The first-order valence-corrected chi connectivity index (χ1v) is 11.7. The molecule has 0 unspecified atom stereocenters. The van der Waals surface area contributed by atoms with E-state index in [-0.39, 0.29) is 19.9 Å². The maximum atomic E-state index is 6.34. The van der Waals surface area contributed by atoms with Gasteiger partial charge in [0.15, 0.2) is 0 Å². The van der Waals surface area contributed by atoms with Crippen LogP contribution < -0.4 is 20.5 Å². The van der Waals surface area contributed by atoms with E-state index < -0.39 is 0 Å². The van der Waals surface area contributed by atoms with Crippen LogP contribution in [0.2, 0.25) is 0 Å². The Morgan fingerprint density at radius 1 is 0.935 bits per heavy atom. The van der Waals surface area contributed by atoms with Gasteiger partial charge in [-0.25, -0.2) is 0 Å². The summed E-state index contributed by atoms with van der Waals surface area (Å²) >= 11 is 0.125. The van der Waals surface area contributed by atoms with Gasteiger partial charge in [0.1, 0.15) is 0 Å². The molecule has 3 rings (SSSR count). The Labute approximate surface area is 188 Å². The zero-order valence-corrected chi connectivity index (χ0v) is 20.4. The molecule has 1 aromatic carbocycles. The third-order valence-corrected chi connectivity index (χ3v) is 7.46. The van der Waals surface area contributed by atoms with Gasteiger partial charge in [-0.05, 0) is 0 Å². The summed E-state index contributed by atoms with van der Waals surface area (Å²) in [6.45, 7) is 8.35. The first kappa shape index (κ1) is 23.3. The Kier molecular flexibility index (Phi) is 7.78. The summed E-state index contributed by atoms with van der Waals surface area (Å²) < 4.78 is 24.1. The Bertz CT molecular complexity index is 1020. The molecule has 0 amide bonds. The van der Waals surface area contributed by atoms with Crippen molar-refractivity contribution in [1.82, 2.24) is 9.97 Å². The van der Waals surface area contributed by atoms with E-state index in [4.69, 9.17) is 24.7 Å². The van der Waals surface area contributed by atoms with Crippen LogP contribution in [0.25, 0.3) is 10.9 Å². The number of fused-ring (bicyclic) bond motifs is 1. The minimum absolute atomic E-state index is 0.0819. The van der Waals surface area contributed by atoms with Gasteiger partial charge in [0.2, 0.25) is 0 Å². The number of ether oxygens (including phenoxy) is 4. The Morgan fingerprint density at radius 2 is 1.58 bits per heavy atom. The average molecular weight is 493 g/mol. The van der Waals surface area contributed by atoms with Crippen molar-refractivity contribution in [1.29, 1.82) is 0 Å². The SMILES string of the molecule is COCCOc1cc2ncnc(Nc3cc(C(C)(C)C)[se]c3N)c2cc1OCCOC. The normalized spacial score (nSPS) is 11.6. The van der Waals surface area contributed by atoms with E-state index in [2.05, 4.69) is 42.1 Å². The van der Waals surface area contributed by atoms with Crippen molar-refractivity contribution in [3.8, 4) is 11.5 Å². The number of methoxy groups -OCH3 is 2. The average Bonchev–Trinajstić information content (AvgIpc) is 3.10. The van der Waals surface area contributed by atoms with E-state index >= 15 is 0 Å². The van der Waals surface area contributed by atoms with Crippen LogP contribution in [0, 0.1) is 0 Å². The number of hydrogen-bond acceptors (Lipinski definition) is 8. The summed E-state index contributed by atoms with van der Waals surface area (Å²) in [6.07, 6.45) is 1.53. The van der Waals surface area contributed by atoms with Gasteiger partial charge in [-0.2, -0.15) is 0 Å². The number of nitrogens with one attached hydrogen (secondary N) is 1. The monoisotopic (exact) mass is 494 g/mol. The molecular formula is C22H30N4O4Se. The molecule has 9 heteroatoms. The van der Waals surface area contributed by atoms with E-state index in [1.165, 1.54) is 10.8 Å². The Balaban J connectivity index is 1.97. The zero-order valence-electron chi connectivity index (χ0n) is 18.7. The molecule has 0 aliphatic carbocycles. The number of aromatic nitrogens is 2. The van der Waals surface area contributed by atoms with E-state index in [1.54, 1.807) is 14.2 Å². The third kappa shape index (κ3) is 5.89. The van der Waals surface area contributed by atoms with Crippen molar-refractivity contribution in [3.05, 3.63) is 29.0 Å². The first-order valence-electron chi connectivity index (χ1n) is 10.0. The second-order valence-electron chi connectivity index (χ2n) is 7.98. The first-order chi connectivity index (χ1) is 14.8. The molecule has 0 aliphatic rings. The van der Waals surface area contributed by atoms with Crippen molar-refractivity contribution in [3.63, 3.8) is 0 Å². The molecule has 0 atom stereocenters. The van der Waals surface area contributed by atoms with Crippen LogP contribution in [-0.4, -0.2) is 65.1 Å². The number of anilines is 3. The number of nitrogens with zero attached hydrogens (tertiary/aromatic N) is 2. The number of rotatable bonds is 10. The number of benzene rings is 1. The molecule has 0 saturated carbocycles. The molecule has 3 N–H and O–H groups in total. The van der Waals surface area contributed by atoms with Gasteiger partial charge in [-0.15, -0.1) is 0 Å². The van der Waals surface area contributed by atoms with Crippen LogP contribution in [-0.2, 0) is 14.9 Å². The molecule has 0 saturated heterocycles. The van der Waals surface area contributed by atoms with E-state index in [9.17, 15) is 0 Å². The van der Waals surface area contributed by atoms with Crippen LogP contribution in [0.4, 0.5) is 16.1 Å². The predicted molar refractivity (Wildman–Crippen MR) is 124 cm³/mol. The summed E-state index contributed by atoms with van der Waals surface area (Å²) in [7, 11) is 3.27. The summed E-state index contributed by atoms with van der Waals surface area (Å²) in [5, 5.41) is 4.22. The van der Waals surface area contributed by atoms with E-state index in [1.807, 2.05) is 12.1 Å². The fraction of sp³-hybridized carbons (Fsp3) is 0.455. The van der Waals surface area contributed by atoms with Crippen molar-refractivity contribution < 1.29 is 18.9 Å². The van der Waals surface area contributed by atoms with Gasteiger partial charge in [0.25, 0.3) is 0 Å². The van der Waals surface area contributed by atoms with Crippen molar-refractivity contribution >= 4 is 41.5 Å². The topological polar surface area (TPSA) is 101 Å². The van der Waals surface area contributed by atoms with Crippen molar-refractivity contribution in [2.75, 3.05) is 51.7 Å². The zero-order chi connectivity index (χ0) is 22.4. The van der Waals surface area contributed by atoms with Gasteiger partial charge in [-0.1, -0.05) is 0 Å². The molecule has 8 nitrogen and oxygen atoms in total. The summed E-state index contributed by atoms with van der Waals surface area (Å²) in [6, 6.07) is 5.88. The van der Waals surface area contributed by atoms with Crippen molar-refractivity contribution in [2.24, 2.45) is 0 Å². The molecule has 2 aromatic heterocycles. The number of hydrogen-bond donors (Lipinski definition) is 2. The molecule has 0 spiro atoms. The molecular weight excluding hydrogens is 463 g/mol. The summed E-state index contributed by atoms with van der Waals surface area (Å²) in [5.74, 6) is 1.87. The van der Waals surface area contributed by atoms with Crippen LogP contribution in [0.3, 0.4) is 0 Å². The number of nitrogens with two attached hydrogens (primary N) is 1. The van der Waals surface area contributed by atoms with Crippen LogP contribution >= 0.6 is 0 Å². The number of nitrogen functional groups attached to an aromatic ring is 1. The molecule has 168 valence electrons. The van der Waals surface area contributed by atoms with Gasteiger partial charge >= 0.3 is 182 Å². The predicted octanol–water partition coefficient (Wildman–Crippen LogP) is 3.36. The summed E-state index contributed by atoms with van der Waals surface area (Å²) in [5.41, 5.74) is 8.06. The van der Waals surface area contributed by atoms with Gasteiger partial charge in [0, 0.05) is 7.11 Å². The quantitative estimate of drug-likeness (QED) is 0.328. The third-order valence-electron chi connectivity index (χ3n) is 4.54. The molecule has 0 fully saturated rings. The molecule has 31 heavy (non-hydrogen) atoms. The van der Waals surface area contributed by atoms with Crippen molar-refractivity contribution in [2.45, 2.75) is 26.2 Å². The van der Waals surface area contributed by atoms with E-state index in [0.29, 0.717) is 43.7 Å². The fourth-order valence-electron chi connectivity index (χ4n) is 2.86. The van der Waals surface area contributed by atoms with Gasteiger partial charge in [0.05, 0.1) is 0 Å². The fourth-order valence-corrected chi connectivity index (χ4v) is 4.83. The van der Waals surface area contributed by atoms with Crippen LogP contribution in [0.15, 0.2) is 24.5 Å². The molecule has 3 aromatic rings. The second kappa shape index (κ2) is 10.3. The molecule has 0 radical (unpaired) electrons. The molecule has 0 bridgehead atoms. The van der Waals surface area contributed by atoms with E-state index in [0.717, 1.165) is 21.2 Å². The Morgan fingerprint density at radius 3 is 2.16 bits per heavy atom. The second-order valence-corrected chi connectivity index (χ2v) is 10.3. The minimum atomic E-state index is 0.0819.